The Kier molecular flexibility index (Phi) is 6.41. The third-order valence-electron chi connectivity index (χ3n) is 4.43. The number of nitrogens with zero attached hydrogens (tertiary/aromatic N) is 2. The van der Waals surface area contributed by atoms with Crippen LogP contribution in [0.15, 0.2) is 40.9 Å². The number of benzene rings is 2. The minimum atomic E-state index is -0.518. The van der Waals surface area contributed by atoms with Crippen molar-refractivity contribution in [2.24, 2.45) is 0 Å². The number of carbonyl (C=O) groups excluding carboxylic acids is 1. The van der Waals surface area contributed by atoms with E-state index in [4.69, 9.17) is 23.5 Å². The van der Waals surface area contributed by atoms with Crippen molar-refractivity contribution >= 4 is 5.91 Å². The molecule has 1 unspecified atom stereocenters. The molecule has 1 N–H and O–H groups in total. The lowest BCUT2D eigenvalue weighted by Gasteiger charge is -2.15. The second-order valence-electron chi connectivity index (χ2n) is 6.29. The van der Waals surface area contributed by atoms with E-state index in [2.05, 4.69) is 15.5 Å². The number of carbonyl (C=O) groups is 1. The zero-order valence-corrected chi connectivity index (χ0v) is 17.4. The third-order valence-corrected chi connectivity index (χ3v) is 4.43. The average molecular weight is 413 g/mol. The third kappa shape index (κ3) is 4.29. The summed E-state index contributed by atoms with van der Waals surface area (Å²) in [4.78, 5) is 17.1. The van der Waals surface area contributed by atoms with E-state index in [0.717, 1.165) is 11.3 Å². The van der Waals surface area contributed by atoms with Gasteiger partial charge in [-0.3, -0.25) is 4.79 Å². The van der Waals surface area contributed by atoms with Crippen molar-refractivity contribution in [3.63, 3.8) is 0 Å². The number of amides is 1. The number of hydrogen-bond acceptors (Lipinski definition) is 8. The van der Waals surface area contributed by atoms with Crippen LogP contribution in [0.2, 0.25) is 0 Å². The predicted octanol–water partition coefficient (Wildman–Crippen LogP) is 3.26. The average Bonchev–Trinajstić information content (AvgIpc) is 3.28. The molecule has 0 radical (unpaired) electrons. The number of methoxy groups -OCH3 is 4. The van der Waals surface area contributed by atoms with Gasteiger partial charge in [-0.05, 0) is 43.3 Å². The Morgan fingerprint density at radius 3 is 2.13 bits per heavy atom. The van der Waals surface area contributed by atoms with Gasteiger partial charge in [-0.2, -0.15) is 4.98 Å². The number of aromatic nitrogens is 2. The summed E-state index contributed by atoms with van der Waals surface area (Å²) < 4.78 is 26.3. The lowest BCUT2D eigenvalue weighted by atomic mass is 10.1. The van der Waals surface area contributed by atoms with Gasteiger partial charge in [-0.1, -0.05) is 5.16 Å². The lowest BCUT2D eigenvalue weighted by Crippen LogP contribution is -2.27. The maximum Gasteiger partial charge on any atom is 0.252 e. The summed E-state index contributed by atoms with van der Waals surface area (Å²) in [6, 6.07) is 9.89. The smallest absolute Gasteiger partial charge is 0.252 e. The van der Waals surface area contributed by atoms with Gasteiger partial charge in [-0.15, -0.1) is 0 Å². The molecule has 0 spiro atoms. The Balaban J connectivity index is 1.77. The molecule has 30 heavy (non-hydrogen) atoms. The van der Waals surface area contributed by atoms with Crippen molar-refractivity contribution < 1.29 is 28.3 Å². The summed E-state index contributed by atoms with van der Waals surface area (Å²) in [6.07, 6.45) is 0. The van der Waals surface area contributed by atoms with Crippen molar-refractivity contribution in [2.75, 3.05) is 28.4 Å². The molecule has 0 saturated carbocycles. The van der Waals surface area contributed by atoms with E-state index in [1.54, 1.807) is 38.3 Å². The van der Waals surface area contributed by atoms with Gasteiger partial charge in [0.25, 0.3) is 5.91 Å². The molecule has 3 rings (SSSR count). The van der Waals surface area contributed by atoms with Crippen LogP contribution in [0.1, 0.15) is 29.2 Å². The molecule has 1 atom stereocenters. The molecular weight excluding hydrogens is 390 g/mol. The minimum Gasteiger partial charge on any atom is -0.497 e. The monoisotopic (exact) mass is 413 g/mol. The van der Waals surface area contributed by atoms with Gasteiger partial charge in [-0.25, -0.2) is 0 Å². The number of rotatable bonds is 8. The second-order valence-corrected chi connectivity index (χ2v) is 6.29. The molecule has 0 bridgehead atoms. The van der Waals surface area contributed by atoms with Gasteiger partial charge >= 0.3 is 0 Å². The molecular formula is C21H23N3O6. The van der Waals surface area contributed by atoms with Crippen molar-refractivity contribution in [1.29, 1.82) is 0 Å². The van der Waals surface area contributed by atoms with Gasteiger partial charge < -0.3 is 28.8 Å². The summed E-state index contributed by atoms with van der Waals surface area (Å²) in [5, 5.41) is 6.81. The summed E-state index contributed by atoms with van der Waals surface area (Å²) in [5.41, 5.74) is 1.11. The van der Waals surface area contributed by atoms with Gasteiger partial charge in [0.05, 0.1) is 28.4 Å². The molecule has 158 valence electrons. The summed E-state index contributed by atoms with van der Waals surface area (Å²) in [6.45, 7) is 1.75. The van der Waals surface area contributed by atoms with E-state index in [1.807, 2.05) is 12.1 Å². The Hall–Kier alpha value is -3.75. The van der Waals surface area contributed by atoms with Crippen molar-refractivity contribution in [3.8, 4) is 34.4 Å². The first kappa shape index (κ1) is 21.0. The lowest BCUT2D eigenvalue weighted by molar-refractivity contribution is 0.0931. The van der Waals surface area contributed by atoms with Gasteiger partial charge in [0.1, 0.15) is 11.8 Å². The van der Waals surface area contributed by atoms with Crippen LogP contribution < -0.4 is 24.3 Å². The SMILES string of the molecule is COc1ccc(-c2noc(C(C)NC(=O)c3cc(OC)c(OC)c(OC)c3)n2)cc1. The van der Waals surface area contributed by atoms with Crippen molar-refractivity contribution in [3.05, 3.63) is 47.9 Å². The maximum absolute atomic E-state index is 12.7. The fourth-order valence-electron chi connectivity index (χ4n) is 2.82. The molecule has 1 amide bonds. The first-order valence-electron chi connectivity index (χ1n) is 9.09. The molecule has 0 aliphatic rings. The van der Waals surface area contributed by atoms with E-state index in [9.17, 15) is 4.79 Å². The highest BCUT2D eigenvalue weighted by atomic mass is 16.5. The first-order valence-corrected chi connectivity index (χ1v) is 9.09. The number of ether oxygens (including phenoxy) is 4. The van der Waals surface area contributed by atoms with E-state index in [0.29, 0.717) is 28.6 Å². The normalized spacial score (nSPS) is 11.5. The van der Waals surface area contributed by atoms with E-state index >= 15 is 0 Å². The van der Waals surface area contributed by atoms with Gasteiger partial charge in [0.15, 0.2) is 11.5 Å². The first-order chi connectivity index (χ1) is 14.5. The highest BCUT2D eigenvalue weighted by Crippen LogP contribution is 2.38. The number of hydrogen-bond donors (Lipinski definition) is 1. The maximum atomic E-state index is 12.7. The van der Waals surface area contributed by atoms with Gasteiger partial charge in [0.2, 0.25) is 17.5 Å². The summed E-state index contributed by atoms with van der Waals surface area (Å²) in [7, 11) is 6.07. The Morgan fingerprint density at radius 1 is 0.967 bits per heavy atom. The Bertz CT molecular complexity index is 991. The van der Waals surface area contributed by atoms with Crippen LogP contribution in [0.3, 0.4) is 0 Å². The van der Waals surface area contributed by atoms with Crippen molar-refractivity contribution in [1.82, 2.24) is 15.5 Å². The quantitative estimate of drug-likeness (QED) is 0.600. The van der Waals surface area contributed by atoms with Crippen molar-refractivity contribution in [2.45, 2.75) is 13.0 Å². The van der Waals surface area contributed by atoms with Crippen LogP contribution in [0.5, 0.6) is 23.0 Å². The molecule has 9 heteroatoms. The van der Waals surface area contributed by atoms with Gasteiger partial charge in [0, 0.05) is 11.1 Å². The molecule has 0 fully saturated rings. The molecule has 0 aliphatic heterocycles. The van der Waals surface area contributed by atoms with Crippen LogP contribution in [0.25, 0.3) is 11.4 Å². The second kappa shape index (κ2) is 9.17. The van der Waals surface area contributed by atoms with Crippen LogP contribution in [-0.4, -0.2) is 44.5 Å². The van der Waals surface area contributed by atoms with E-state index < -0.39 is 6.04 Å². The topological polar surface area (TPSA) is 105 Å². The molecule has 1 heterocycles. The molecule has 9 nitrogen and oxygen atoms in total. The summed E-state index contributed by atoms with van der Waals surface area (Å²) >= 11 is 0. The largest absolute Gasteiger partial charge is 0.497 e. The highest BCUT2D eigenvalue weighted by Gasteiger charge is 2.21. The Morgan fingerprint density at radius 2 is 1.60 bits per heavy atom. The predicted molar refractivity (Wildman–Crippen MR) is 108 cm³/mol. The zero-order chi connectivity index (χ0) is 21.7. The fraction of sp³-hybridized carbons (Fsp3) is 0.286. The van der Waals surface area contributed by atoms with Crippen LogP contribution in [0, 0.1) is 0 Å². The fourth-order valence-corrected chi connectivity index (χ4v) is 2.82. The molecule has 3 aromatic rings. The van der Waals surface area contributed by atoms with E-state index in [-0.39, 0.29) is 11.8 Å². The summed E-state index contributed by atoms with van der Waals surface area (Å²) in [5.74, 6) is 2.25. The molecule has 0 aliphatic carbocycles. The minimum absolute atomic E-state index is 0.279. The zero-order valence-electron chi connectivity index (χ0n) is 17.4. The van der Waals surface area contributed by atoms with E-state index in [1.165, 1.54) is 21.3 Å². The molecule has 1 aromatic heterocycles. The molecule has 2 aromatic carbocycles. The standard InChI is InChI=1S/C21H23N3O6/c1-12(21-23-19(24-30-21)13-6-8-15(26-2)9-7-13)22-20(25)14-10-16(27-3)18(29-5)17(11-14)28-4/h6-12H,1-5H3,(H,22,25). The Labute approximate surface area is 173 Å². The number of nitrogens with one attached hydrogen (secondary N) is 1. The molecule has 0 saturated heterocycles. The van der Waals surface area contributed by atoms with Crippen LogP contribution >= 0.6 is 0 Å². The highest BCUT2D eigenvalue weighted by molar-refractivity contribution is 5.95. The van der Waals surface area contributed by atoms with Crippen LogP contribution in [-0.2, 0) is 0 Å². The van der Waals surface area contributed by atoms with Crippen LogP contribution in [0.4, 0.5) is 0 Å².